The van der Waals surface area contributed by atoms with Crippen molar-refractivity contribution in [3.8, 4) is 5.75 Å². The molecule has 0 aliphatic carbocycles. The van der Waals surface area contributed by atoms with Crippen molar-refractivity contribution < 1.29 is 19.1 Å². The molecule has 2 saturated heterocycles. The summed E-state index contributed by atoms with van der Waals surface area (Å²) in [6.07, 6.45) is 1.56. The summed E-state index contributed by atoms with van der Waals surface area (Å²) >= 11 is 6.00. The lowest BCUT2D eigenvalue weighted by Crippen LogP contribution is -2.49. The minimum absolute atomic E-state index is 0.0419. The van der Waals surface area contributed by atoms with Crippen LogP contribution in [0.3, 0.4) is 0 Å². The van der Waals surface area contributed by atoms with Crippen LogP contribution in [0.15, 0.2) is 48.5 Å². The smallest absolute Gasteiger partial charge is 0.253 e. The normalized spacial score (nSPS) is 19.5. The number of carbonyl (C=O) groups excluding carboxylic acids is 3. The van der Waals surface area contributed by atoms with Gasteiger partial charge in [0, 0.05) is 29.7 Å². The number of anilines is 1. The van der Waals surface area contributed by atoms with E-state index in [0.29, 0.717) is 54.6 Å². The Morgan fingerprint density at radius 3 is 2.50 bits per heavy atom. The largest absolute Gasteiger partial charge is 0.494 e. The molecular formula is C24H26ClN3O4. The molecule has 2 heterocycles. The number of imide groups is 1. The van der Waals surface area contributed by atoms with Crippen LogP contribution in [0.5, 0.6) is 5.75 Å². The molecule has 168 valence electrons. The molecule has 4 rings (SSSR count). The van der Waals surface area contributed by atoms with Crippen molar-refractivity contribution in [2.45, 2.75) is 38.3 Å². The zero-order valence-electron chi connectivity index (χ0n) is 17.9. The molecular weight excluding hydrogens is 430 g/mol. The molecule has 8 heteroatoms. The second-order valence-corrected chi connectivity index (χ2v) is 8.43. The average molecular weight is 456 g/mol. The zero-order chi connectivity index (χ0) is 22.7. The summed E-state index contributed by atoms with van der Waals surface area (Å²) in [5, 5.41) is 3.88. The number of ether oxygens (including phenoxy) is 1. The molecule has 0 spiro atoms. The number of hydrogen-bond donors (Lipinski definition) is 1. The second kappa shape index (κ2) is 9.71. The van der Waals surface area contributed by atoms with Gasteiger partial charge in [-0.1, -0.05) is 17.7 Å². The molecule has 32 heavy (non-hydrogen) atoms. The highest BCUT2D eigenvalue weighted by atomic mass is 35.5. The van der Waals surface area contributed by atoms with Gasteiger partial charge in [0.25, 0.3) is 11.8 Å². The third-order valence-electron chi connectivity index (χ3n) is 5.84. The van der Waals surface area contributed by atoms with E-state index in [0.717, 1.165) is 0 Å². The predicted octanol–water partition coefficient (Wildman–Crippen LogP) is 3.27. The maximum Gasteiger partial charge on any atom is 0.253 e. The highest BCUT2D eigenvalue weighted by Gasteiger charge is 2.40. The Balaban J connectivity index is 1.33. The van der Waals surface area contributed by atoms with Crippen molar-refractivity contribution in [2.24, 2.45) is 0 Å². The molecule has 0 aromatic heterocycles. The van der Waals surface area contributed by atoms with Gasteiger partial charge in [-0.15, -0.1) is 0 Å². The van der Waals surface area contributed by atoms with E-state index in [1.807, 2.05) is 6.92 Å². The molecule has 2 fully saturated rings. The first-order valence-electron chi connectivity index (χ1n) is 10.9. The Bertz CT molecular complexity index is 1000. The van der Waals surface area contributed by atoms with Crippen molar-refractivity contribution in [1.29, 1.82) is 0 Å². The number of nitrogens with zero attached hydrogens (tertiary/aromatic N) is 2. The lowest BCUT2D eigenvalue weighted by Gasteiger charge is -2.33. The maximum atomic E-state index is 12.9. The van der Waals surface area contributed by atoms with Crippen LogP contribution in [0.25, 0.3) is 0 Å². The van der Waals surface area contributed by atoms with Gasteiger partial charge < -0.3 is 15.0 Å². The molecule has 2 aromatic carbocycles. The standard InChI is InChI=1S/C24H26ClN3O4/c1-2-32-20-8-6-19(7-9-20)28-22(29)15-21(24(28)31)26-18-10-12-27(13-11-18)23(30)16-4-3-5-17(25)14-16/h3-9,14,18,21,26H,2,10-13,15H2,1H3/t21-/m0/s1. The fourth-order valence-electron chi connectivity index (χ4n) is 4.23. The number of nitrogens with one attached hydrogen (secondary N) is 1. The molecule has 2 aromatic rings. The Labute approximate surface area is 192 Å². The van der Waals surface area contributed by atoms with Crippen LogP contribution in [0.4, 0.5) is 5.69 Å². The number of hydrogen-bond acceptors (Lipinski definition) is 5. The Hall–Kier alpha value is -2.90. The van der Waals surface area contributed by atoms with Gasteiger partial charge >= 0.3 is 0 Å². The molecule has 1 N–H and O–H groups in total. The SMILES string of the molecule is CCOc1ccc(N2C(=O)C[C@H](NC3CCN(C(=O)c4cccc(Cl)c4)CC3)C2=O)cc1. The lowest BCUT2D eigenvalue weighted by molar-refractivity contribution is -0.121. The number of benzene rings is 2. The minimum atomic E-state index is -0.547. The van der Waals surface area contributed by atoms with Gasteiger partial charge in [-0.25, -0.2) is 4.90 Å². The molecule has 7 nitrogen and oxygen atoms in total. The summed E-state index contributed by atoms with van der Waals surface area (Å²) in [7, 11) is 0. The number of amides is 3. The summed E-state index contributed by atoms with van der Waals surface area (Å²) in [6, 6.07) is 13.4. The minimum Gasteiger partial charge on any atom is -0.494 e. The number of rotatable bonds is 6. The number of likely N-dealkylation sites (tertiary alicyclic amines) is 1. The van der Waals surface area contributed by atoms with Crippen LogP contribution in [0, 0.1) is 0 Å². The van der Waals surface area contributed by atoms with Gasteiger partial charge in [-0.3, -0.25) is 14.4 Å². The van der Waals surface area contributed by atoms with Gasteiger partial charge in [0.2, 0.25) is 5.91 Å². The predicted molar refractivity (Wildman–Crippen MR) is 122 cm³/mol. The van der Waals surface area contributed by atoms with Gasteiger partial charge in [0.05, 0.1) is 24.8 Å². The van der Waals surface area contributed by atoms with Crippen LogP contribution in [0.2, 0.25) is 5.02 Å². The Morgan fingerprint density at radius 2 is 1.84 bits per heavy atom. The number of halogens is 1. The first kappa shape index (κ1) is 22.3. The summed E-state index contributed by atoms with van der Waals surface area (Å²) in [5.41, 5.74) is 1.13. The number of piperidine rings is 1. The lowest BCUT2D eigenvalue weighted by atomic mass is 10.0. The topological polar surface area (TPSA) is 79.0 Å². The van der Waals surface area contributed by atoms with Crippen LogP contribution in [0.1, 0.15) is 36.5 Å². The van der Waals surface area contributed by atoms with E-state index in [1.165, 1.54) is 4.90 Å². The molecule has 2 aliphatic heterocycles. The summed E-state index contributed by atoms with van der Waals surface area (Å²) in [6.45, 7) is 3.62. The third kappa shape index (κ3) is 4.79. The van der Waals surface area contributed by atoms with Crippen molar-refractivity contribution in [2.75, 3.05) is 24.6 Å². The maximum absolute atomic E-state index is 12.9. The first-order valence-corrected chi connectivity index (χ1v) is 11.2. The van der Waals surface area contributed by atoms with E-state index in [-0.39, 0.29) is 30.2 Å². The molecule has 0 saturated carbocycles. The van der Waals surface area contributed by atoms with E-state index in [1.54, 1.807) is 53.4 Å². The molecule has 0 bridgehead atoms. The van der Waals surface area contributed by atoms with Crippen molar-refractivity contribution in [3.63, 3.8) is 0 Å². The average Bonchev–Trinajstić information content (AvgIpc) is 3.07. The molecule has 0 unspecified atom stereocenters. The molecule has 1 atom stereocenters. The third-order valence-corrected chi connectivity index (χ3v) is 6.08. The van der Waals surface area contributed by atoms with Crippen LogP contribution in [-0.4, -0.2) is 54.4 Å². The quantitative estimate of drug-likeness (QED) is 0.676. The zero-order valence-corrected chi connectivity index (χ0v) is 18.7. The van der Waals surface area contributed by atoms with Gasteiger partial charge in [0.15, 0.2) is 0 Å². The summed E-state index contributed by atoms with van der Waals surface area (Å²) in [5.74, 6) is 0.200. The van der Waals surface area contributed by atoms with Crippen LogP contribution < -0.4 is 15.0 Å². The molecule has 0 radical (unpaired) electrons. The fraction of sp³-hybridized carbons (Fsp3) is 0.375. The van der Waals surface area contributed by atoms with Crippen LogP contribution >= 0.6 is 11.6 Å². The van der Waals surface area contributed by atoms with Gasteiger partial charge in [0.1, 0.15) is 5.75 Å². The van der Waals surface area contributed by atoms with Crippen molar-refractivity contribution in [3.05, 3.63) is 59.1 Å². The molecule has 2 aliphatic rings. The van der Waals surface area contributed by atoms with E-state index in [4.69, 9.17) is 16.3 Å². The number of carbonyl (C=O) groups is 3. The Kier molecular flexibility index (Phi) is 6.77. The highest BCUT2D eigenvalue weighted by Crippen LogP contribution is 2.26. The van der Waals surface area contributed by atoms with Gasteiger partial charge in [-0.05, 0) is 62.2 Å². The highest BCUT2D eigenvalue weighted by molar-refractivity contribution is 6.31. The van der Waals surface area contributed by atoms with Gasteiger partial charge in [-0.2, -0.15) is 0 Å². The second-order valence-electron chi connectivity index (χ2n) is 7.99. The van der Waals surface area contributed by atoms with E-state index < -0.39 is 6.04 Å². The van der Waals surface area contributed by atoms with Crippen molar-refractivity contribution >= 4 is 35.0 Å². The summed E-state index contributed by atoms with van der Waals surface area (Å²) in [4.78, 5) is 41.2. The van der Waals surface area contributed by atoms with E-state index >= 15 is 0 Å². The van der Waals surface area contributed by atoms with Crippen molar-refractivity contribution in [1.82, 2.24) is 10.2 Å². The first-order chi connectivity index (χ1) is 15.5. The molecule has 3 amide bonds. The Morgan fingerprint density at radius 1 is 1.12 bits per heavy atom. The monoisotopic (exact) mass is 455 g/mol. The van der Waals surface area contributed by atoms with E-state index in [9.17, 15) is 14.4 Å². The van der Waals surface area contributed by atoms with Crippen LogP contribution in [-0.2, 0) is 9.59 Å². The fourth-order valence-corrected chi connectivity index (χ4v) is 4.42. The van der Waals surface area contributed by atoms with E-state index in [2.05, 4.69) is 5.32 Å². The summed E-state index contributed by atoms with van der Waals surface area (Å²) < 4.78 is 5.42.